The lowest BCUT2D eigenvalue weighted by atomic mass is 9.90. The molecule has 0 spiro atoms. The second kappa shape index (κ2) is 6.83. The van der Waals surface area contributed by atoms with E-state index in [1.54, 1.807) is 29.4 Å². The predicted octanol–water partition coefficient (Wildman–Crippen LogP) is 3.11. The number of carbonyl (C=O) groups excluding carboxylic acids is 1. The Morgan fingerprint density at radius 2 is 2.00 bits per heavy atom. The zero-order chi connectivity index (χ0) is 19.0. The van der Waals surface area contributed by atoms with E-state index >= 15 is 0 Å². The number of rotatable bonds is 3. The van der Waals surface area contributed by atoms with Gasteiger partial charge in [-0.15, -0.1) is 0 Å². The lowest BCUT2D eigenvalue weighted by molar-refractivity contribution is -0.131. The van der Waals surface area contributed by atoms with Crippen LogP contribution in [0.4, 0.5) is 8.78 Å². The van der Waals surface area contributed by atoms with Crippen molar-refractivity contribution in [3.8, 4) is 5.75 Å². The van der Waals surface area contributed by atoms with Crippen molar-refractivity contribution >= 4 is 5.91 Å². The molecule has 0 radical (unpaired) electrons. The summed E-state index contributed by atoms with van der Waals surface area (Å²) in [4.78, 5) is 21.8. The monoisotopic (exact) mass is 369 g/mol. The number of carbonyl (C=O) groups is 1. The molecule has 4 rings (SSSR count). The molecule has 138 valence electrons. The molecule has 3 aromatic rings. The molecule has 0 aliphatic carbocycles. The van der Waals surface area contributed by atoms with Crippen LogP contribution in [0.1, 0.15) is 28.4 Å². The van der Waals surface area contributed by atoms with Gasteiger partial charge in [0.2, 0.25) is 5.91 Å². The number of halogens is 2. The van der Waals surface area contributed by atoms with E-state index in [2.05, 4.69) is 9.97 Å². The Hall–Kier alpha value is -3.22. The molecule has 1 aliphatic rings. The van der Waals surface area contributed by atoms with Crippen LogP contribution in [0.25, 0.3) is 0 Å². The first kappa shape index (κ1) is 17.2. The minimum atomic E-state index is -0.704. The molecule has 2 N–H and O–H groups in total. The molecule has 2 heterocycles. The Morgan fingerprint density at radius 3 is 2.74 bits per heavy atom. The molecule has 0 bridgehead atoms. The third-order valence-corrected chi connectivity index (χ3v) is 4.74. The zero-order valence-corrected chi connectivity index (χ0v) is 14.3. The first-order valence-corrected chi connectivity index (χ1v) is 8.53. The number of nitrogens with one attached hydrogen (secondary N) is 1. The van der Waals surface area contributed by atoms with Gasteiger partial charge in [-0.3, -0.25) is 4.79 Å². The van der Waals surface area contributed by atoms with E-state index in [1.165, 1.54) is 12.1 Å². The SMILES string of the molecule is O=C(Cc1cc(F)cc(F)c1)N1Cc2[nH]cnc2C(c2cccc(O)c2)C1. The number of fused-ring (bicyclic) bond motifs is 1. The van der Waals surface area contributed by atoms with Gasteiger partial charge in [0.1, 0.15) is 17.4 Å². The first-order chi connectivity index (χ1) is 13.0. The third kappa shape index (κ3) is 3.53. The number of benzene rings is 2. The van der Waals surface area contributed by atoms with Gasteiger partial charge in [0.25, 0.3) is 0 Å². The molecule has 1 aliphatic heterocycles. The Kier molecular flexibility index (Phi) is 4.35. The Labute approximate surface area is 154 Å². The molecule has 0 saturated carbocycles. The lowest BCUT2D eigenvalue weighted by Gasteiger charge is -2.32. The molecule has 5 nitrogen and oxygen atoms in total. The number of hydrogen-bond acceptors (Lipinski definition) is 3. The summed E-state index contributed by atoms with van der Waals surface area (Å²) in [6.45, 7) is 0.721. The molecule has 0 saturated heterocycles. The number of aromatic nitrogens is 2. The Balaban J connectivity index is 1.60. The van der Waals surface area contributed by atoms with E-state index in [-0.39, 0.29) is 24.0 Å². The van der Waals surface area contributed by atoms with E-state index in [9.17, 15) is 18.7 Å². The smallest absolute Gasteiger partial charge is 0.227 e. The van der Waals surface area contributed by atoms with Crippen LogP contribution in [-0.2, 0) is 17.8 Å². The number of aromatic amines is 1. The highest BCUT2D eigenvalue weighted by molar-refractivity contribution is 5.79. The number of nitrogens with zero attached hydrogens (tertiary/aromatic N) is 2. The van der Waals surface area contributed by atoms with Gasteiger partial charge in [0.05, 0.1) is 30.7 Å². The summed E-state index contributed by atoms with van der Waals surface area (Å²) in [5.41, 5.74) is 2.79. The molecule has 27 heavy (non-hydrogen) atoms. The first-order valence-electron chi connectivity index (χ1n) is 8.53. The highest BCUT2D eigenvalue weighted by Gasteiger charge is 2.31. The van der Waals surface area contributed by atoms with Gasteiger partial charge >= 0.3 is 0 Å². The number of aromatic hydroxyl groups is 1. The van der Waals surface area contributed by atoms with Gasteiger partial charge in [-0.2, -0.15) is 0 Å². The normalized spacial score (nSPS) is 16.2. The van der Waals surface area contributed by atoms with Crippen molar-refractivity contribution in [2.75, 3.05) is 6.54 Å². The maximum atomic E-state index is 13.4. The summed E-state index contributed by atoms with van der Waals surface area (Å²) in [6, 6.07) is 9.96. The molecule has 1 aromatic heterocycles. The summed E-state index contributed by atoms with van der Waals surface area (Å²) in [5, 5.41) is 9.78. The molecule has 1 atom stereocenters. The molecule has 0 fully saturated rings. The average molecular weight is 369 g/mol. The van der Waals surface area contributed by atoms with Crippen molar-refractivity contribution in [2.45, 2.75) is 18.9 Å². The number of imidazole rings is 1. The summed E-state index contributed by atoms with van der Waals surface area (Å²) in [5.74, 6) is -1.69. The van der Waals surface area contributed by atoms with Gasteiger partial charge < -0.3 is 15.0 Å². The summed E-state index contributed by atoms with van der Waals surface area (Å²) < 4.78 is 26.8. The predicted molar refractivity (Wildman–Crippen MR) is 94.0 cm³/mol. The molecule has 1 amide bonds. The molecular formula is C20H17F2N3O2. The van der Waals surface area contributed by atoms with Crippen molar-refractivity contribution in [2.24, 2.45) is 0 Å². The summed E-state index contributed by atoms with van der Waals surface area (Å²) in [7, 11) is 0. The lowest BCUT2D eigenvalue weighted by Crippen LogP contribution is -2.39. The van der Waals surface area contributed by atoms with Gasteiger partial charge in [0, 0.05) is 18.5 Å². The highest BCUT2D eigenvalue weighted by Crippen LogP contribution is 2.33. The van der Waals surface area contributed by atoms with Gasteiger partial charge in [0.15, 0.2) is 0 Å². The van der Waals surface area contributed by atoms with Crippen molar-refractivity contribution in [3.05, 3.63) is 82.9 Å². The maximum absolute atomic E-state index is 13.4. The number of H-pyrrole nitrogens is 1. The van der Waals surface area contributed by atoms with Crippen LogP contribution in [0.5, 0.6) is 5.75 Å². The minimum absolute atomic E-state index is 0.0924. The number of amides is 1. The van der Waals surface area contributed by atoms with Crippen LogP contribution in [0, 0.1) is 11.6 Å². The van der Waals surface area contributed by atoms with E-state index < -0.39 is 11.6 Å². The van der Waals surface area contributed by atoms with Crippen LogP contribution < -0.4 is 0 Å². The van der Waals surface area contributed by atoms with Crippen LogP contribution >= 0.6 is 0 Å². The molecule has 2 aromatic carbocycles. The van der Waals surface area contributed by atoms with Crippen molar-refractivity contribution < 1.29 is 18.7 Å². The van der Waals surface area contributed by atoms with Gasteiger partial charge in [-0.25, -0.2) is 13.8 Å². The molecule has 1 unspecified atom stereocenters. The molecular weight excluding hydrogens is 352 g/mol. The van der Waals surface area contributed by atoms with Crippen LogP contribution in [0.15, 0.2) is 48.8 Å². The van der Waals surface area contributed by atoms with Crippen molar-refractivity contribution in [3.63, 3.8) is 0 Å². The third-order valence-electron chi connectivity index (χ3n) is 4.74. The topological polar surface area (TPSA) is 69.2 Å². The summed E-state index contributed by atoms with van der Waals surface area (Å²) >= 11 is 0. The Bertz CT molecular complexity index is 982. The van der Waals surface area contributed by atoms with Crippen LogP contribution in [-0.4, -0.2) is 32.4 Å². The number of phenols is 1. The second-order valence-corrected chi connectivity index (χ2v) is 6.64. The highest BCUT2D eigenvalue weighted by atomic mass is 19.1. The largest absolute Gasteiger partial charge is 0.508 e. The van der Waals surface area contributed by atoms with E-state index in [4.69, 9.17) is 0 Å². The Morgan fingerprint density at radius 1 is 1.22 bits per heavy atom. The zero-order valence-electron chi connectivity index (χ0n) is 14.3. The van der Waals surface area contributed by atoms with Crippen molar-refractivity contribution in [1.82, 2.24) is 14.9 Å². The second-order valence-electron chi connectivity index (χ2n) is 6.64. The average Bonchev–Trinajstić information content (AvgIpc) is 3.08. The fourth-order valence-electron chi connectivity index (χ4n) is 3.52. The number of hydrogen-bond donors (Lipinski definition) is 2. The van der Waals surface area contributed by atoms with E-state index in [0.29, 0.717) is 18.7 Å². The quantitative estimate of drug-likeness (QED) is 0.745. The van der Waals surface area contributed by atoms with Crippen molar-refractivity contribution in [1.29, 1.82) is 0 Å². The maximum Gasteiger partial charge on any atom is 0.227 e. The van der Waals surface area contributed by atoms with Crippen LogP contribution in [0.3, 0.4) is 0 Å². The van der Waals surface area contributed by atoms with Gasteiger partial charge in [-0.1, -0.05) is 12.1 Å². The van der Waals surface area contributed by atoms with E-state index in [0.717, 1.165) is 23.0 Å². The minimum Gasteiger partial charge on any atom is -0.508 e. The fraction of sp³-hybridized carbons (Fsp3) is 0.200. The molecule has 7 heteroatoms. The fourth-order valence-corrected chi connectivity index (χ4v) is 3.52. The van der Waals surface area contributed by atoms with Gasteiger partial charge in [-0.05, 0) is 35.4 Å². The van der Waals surface area contributed by atoms with Crippen LogP contribution in [0.2, 0.25) is 0 Å². The summed E-state index contributed by atoms with van der Waals surface area (Å²) in [6.07, 6.45) is 1.49. The standard InChI is InChI=1S/C20H17F2N3O2/c21-14-4-12(5-15(22)8-14)6-19(27)25-9-17(13-2-1-3-16(26)7-13)20-18(10-25)23-11-24-20/h1-5,7-8,11,17,26H,6,9-10H2,(H,23,24). The van der Waals surface area contributed by atoms with E-state index in [1.807, 2.05) is 6.07 Å². The number of phenolic OH excluding ortho intramolecular Hbond substituents is 1.